The third-order valence-corrected chi connectivity index (χ3v) is 2.96. The normalized spacial score (nSPS) is 10.5. The Morgan fingerprint density at radius 3 is 2.80 bits per heavy atom. The molecule has 2 aromatic heterocycles. The fourth-order valence-electron chi connectivity index (χ4n) is 1.88. The molecule has 0 atom stereocenters. The van der Waals surface area contributed by atoms with Gasteiger partial charge in [-0.2, -0.15) is 0 Å². The molecule has 20 heavy (non-hydrogen) atoms. The van der Waals surface area contributed by atoms with Crippen molar-refractivity contribution in [2.45, 2.75) is 26.2 Å². The lowest BCUT2D eigenvalue weighted by Gasteiger charge is -2.07. The highest BCUT2D eigenvalue weighted by atomic mass is 16.1. The SMILES string of the molecule is Cc1nccn1-c1ccc(NC(=O)CCCCN)cn1. The van der Waals surface area contributed by atoms with E-state index in [1.165, 1.54) is 0 Å². The average molecular weight is 273 g/mol. The number of aryl methyl sites for hydroxylation is 1. The number of unbranched alkanes of at least 4 members (excludes halogenated alkanes) is 1. The minimum absolute atomic E-state index is 0.00758. The van der Waals surface area contributed by atoms with E-state index in [-0.39, 0.29) is 5.91 Å². The Hall–Kier alpha value is -2.21. The van der Waals surface area contributed by atoms with Crippen molar-refractivity contribution in [1.29, 1.82) is 0 Å². The van der Waals surface area contributed by atoms with Crippen molar-refractivity contribution in [3.8, 4) is 5.82 Å². The molecule has 6 nitrogen and oxygen atoms in total. The van der Waals surface area contributed by atoms with Crippen LogP contribution in [0.2, 0.25) is 0 Å². The average Bonchev–Trinajstić information content (AvgIpc) is 2.86. The first-order valence-electron chi connectivity index (χ1n) is 6.67. The summed E-state index contributed by atoms with van der Waals surface area (Å²) in [4.78, 5) is 20.1. The molecule has 2 aromatic rings. The largest absolute Gasteiger partial charge is 0.330 e. The number of anilines is 1. The van der Waals surface area contributed by atoms with Gasteiger partial charge in [0.25, 0.3) is 0 Å². The molecule has 0 aliphatic rings. The predicted octanol–water partition coefficient (Wildman–Crippen LogP) is 1.64. The number of nitrogens with zero attached hydrogens (tertiary/aromatic N) is 3. The second-order valence-corrected chi connectivity index (χ2v) is 4.54. The molecule has 106 valence electrons. The summed E-state index contributed by atoms with van der Waals surface area (Å²) in [5.41, 5.74) is 6.09. The number of pyridine rings is 1. The zero-order valence-corrected chi connectivity index (χ0v) is 11.5. The van der Waals surface area contributed by atoms with Crippen LogP contribution < -0.4 is 11.1 Å². The molecular formula is C14H19N5O. The summed E-state index contributed by atoms with van der Waals surface area (Å²) in [5, 5.41) is 2.82. The van der Waals surface area contributed by atoms with Crippen LogP contribution in [0.25, 0.3) is 5.82 Å². The smallest absolute Gasteiger partial charge is 0.224 e. The summed E-state index contributed by atoms with van der Waals surface area (Å²) in [6.07, 6.45) is 7.38. The predicted molar refractivity (Wildman–Crippen MR) is 77.6 cm³/mol. The van der Waals surface area contributed by atoms with Gasteiger partial charge in [-0.3, -0.25) is 9.36 Å². The Morgan fingerprint density at radius 1 is 1.35 bits per heavy atom. The van der Waals surface area contributed by atoms with Crippen LogP contribution in [0.15, 0.2) is 30.7 Å². The van der Waals surface area contributed by atoms with Crippen LogP contribution in [0.1, 0.15) is 25.1 Å². The van der Waals surface area contributed by atoms with Gasteiger partial charge < -0.3 is 11.1 Å². The first kappa shape index (κ1) is 14.2. The van der Waals surface area contributed by atoms with Gasteiger partial charge in [-0.15, -0.1) is 0 Å². The van der Waals surface area contributed by atoms with E-state index in [9.17, 15) is 4.79 Å². The molecule has 2 heterocycles. The third-order valence-electron chi connectivity index (χ3n) is 2.96. The van der Waals surface area contributed by atoms with Crippen molar-refractivity contribution in [2.75, 3.05) is 11.9 Å². The summed E-state index contributed by atoms with van der Waals surface area (Å²) >= 11 is 0. The molecule has 1 amide bonds. The van der Waals surface area contributed by atoms with Gasteiger partial charge in [0, 0.05) is 18.8 Å². The number of imidazole rings is 1. The monoisotopic (exact) mass is 273 g/mol. The molecule has 0 saturated heterocycles. The Kier molecular flexibility index (Phi) is 4.84. The van der Waals surface area contributed by atoms with Crippen LogP contribution in [0.5, 0.6) is 0 Å². The van der Waals surface area contributed by atoms with E-state index in [1.54, 1.807) is 12.4 Å². The van der Waals surface area contributed by atoms with Crippen molar-refractivity contribution in [1.82, 2.24) is 14.5 Å². The molecule has 0 spiro atoms. The molecule has 0 radical (unpaired) electrons. The standard InChI is InChI=1S/C14H19N5O/c1-11-16-8-9-19(11)13-6-5-12(10-17-13)18-14(20)4-2-3-7-15/h5-6,8-10H,2-4,7,15H2,1H3,(H,18,20). The molecule has 3 N–H and O–H groups in total. The zero-order chi connectivity index (χ0) is 14.4. The van der Waals surface area contributed by atoms with Gasteiger partial charge >= 0.3 is 0 Å². The van der Waals surface area contributed by atoms with E-state index in [4.69, 9.17) is 5.73 Å². The van der Waals surface area contributed by atoms with Gasteiger partial charge in [0.15, 0.2) is 0 Å². The van der Waals surface area contributed by atoms with E-state index < -0.39 is 0 Å². The number of rotatable bonds is 6. The minimum Gasteiger partial charge on any atom is -0.330 e. The number of carbonyl (C=O) groups is 1. The number of amides is 1. The maximum Gasteiger partial charge on any atom is 0.224 e. The Labute approximate surface area is 118 Å². The molecule has 0 saturated carbocycles. The summed E-state index contributed by atoms with van der Waals surface area (Å²) in [7, 11) is 0. The molecule has 0 aromatic carbocycles. The quantitative estimate of drug-likeness (QED) is 0.783. The summed E-state index contributed by atoms with van der Waals surface area (Å²) in [6, 6.07) is 3.69. The molecule has 6 heteroatoms. The van der Waals surface area contributed by atoms with Gasteiger partial charge in [0.05, 0.1) is 11.9 Å². The molecule has 2 rings (SSSR count). The summed E-state index contributed by atoms with van der Waals surface area (Å²) in [6.45, 7) is 2.53. The minimum atomic E-state index is -0.00758. The van der Waals surface area contributed by atoms with Gasteiger partial charge in [0.2, 0.25) is 5.91 Å². The van der Waals surface area contributed by atoms with Crippen LogP contribution in [0, 0.1) is 6.92 Å². The van der Waals surface area contributed by atoms with Crippen LogP contribution in [0.4, 0.5) is 5.69 Å². The van der Waals surface area contributed by atoms with Crippen LogP contribution >= 0.6 is 0 Å². The topological polar surface area (TPSA) is 85.8 Å². The second kappa shape index (κ2) is 6.81. The zero-order valence-electron chi connectivity index (χ0n) is 11.5. The number of aromatic nitrogens is 3. The van der Waals surface area contributed by atoms with Crippen LogP contribution in [0.3, 0.4) is 0 Å². The summed E-state index contributed by atoms with van der Waals surface area (Å²) in [5.74, 6) is 1.64. The number of nitrogens with one attached hydrogen (secondary N) is 1. The maximum absolute atomic E-state index is 11.7. The van der Waals surface area contributed by atoms with Gasteiger partial charge in [-0.25, -0.2) is 9.97 Å². The van der Waals surface area contributed by atoms with Crippen LogP contribution in [-0.4, -0.2) is 27.0 Å². The molecule has 0 fully saturated rings. The van der Waals surface area contributed by atoms with Gasteiger partial charge in [-0.05, 0) is 38.4 Å². The Morgan fingerprint density at radius 2 is 2.20 bits per heavy atom. The number of hydrogen-bond acceptors (Lipinski definition) is 4. The van der Waals surface area contributed by atoms with Crippen molar-refractivity contribution < 1.29 is 4.79 Å². The van der Waals surface area contributed by atoms with E-state index in [2.05, 4.69) is 15.3 Å². The van der Waals surface area contributed by atoms with E-state index in [0.717, 1.165) is 24.5 Å². The Balaban J connectivity index is 1.95. The van der Waals surface area contributed by atoms with Gasteiger partial charge in [-0.1, -0.05) is 0 Å². The van der Waals surface area contributed by atoms with Crippen molar-refractivity contribution in [3.05, 3.63) is 36.5 Å². The fraction of sp³-hybridized carbons (Fsp3) is 0.357. The number of hydrogen-bond donors (Lipinski definition) is 2. The Bertz CT molecular complexity index is 561. The lowest BCUT2D eigenvalue weighted by molar-refractivity contribution is -0.116. The molecule has 0 unspecified atom stereocenters. The first-order valence-corrected chi connectivity index (χ1v) is 6.67. The molecule has 0 bridgehead atoms. The highest BCUT2D eigenvalue weighted by Crippen LogP contribution is 2.12. The maximum atomic E-state index is 11.7. The van der Waals surface area contributed by atoms with E-state index >= 15 is 0 Å². The van der Waals surface area contributed by atoms with Crippen molar-refractivity contribution in [2.24, 2.45) is 5.73 Å². The number of carbonyl (C=O) groups excluding carboxylic acids is 1. The number of nitrogens with two attached hydrogens (primary N) is 1. The highest BCUT2D eigenvalue weighted by Gasteiger charge is 2.04. The van der Waals surface area contributed by atoms with Gasteiger partial charge in [0.1, 0.15) is 11.6 Å². The lowest BCUT2D eigenvalue weighted by Crippen LogP contribution is -2.12. The van der Waals surface area contributed by atoms with E-state index in [0.29, 0.717) is 18.7 Å². The van der Waals surface area contributed by atoms with E-state index in [1.807, 2.05) is 29.8 Å². The highest BCUT2D eigenvalue weighted by molar-refractivity contribution is 5.90. The first-order chi connectivity index (χ1) is 9.70. The molecule has 0 aliphatic heterocycles. The molecule has 0 aliphatic carbocycles. The van der Waals surface area contributed by atoms with Crippen molar-refractivity contribution >= 4 is 11.6 Å². The lowest BCUT2D eigenvalue weighted by atomic mass is 10.2. The third kappa shape index (κ3) is 3.64. The molecular weight excluding hydrogens is 254 g/mol. The summed E-state index contributed by atoms with van der Waals surface area (Å²) < 4.78 is 1.88. The second-order valence-electron chi connectivity index (χ2n) is 4.54. The van der Waals surface area contributed by atoms with Crippen molar-refractivity contribution in [3.63, 3.8) is 0 Å². The van der Waals surface area contributed by atoms with Crippen LogP contribution in [-0.2, 0) is 4.79 Å². The fourth-order valence-corrected chi connectivity index (χ4v) is 1.88.